The van der Waals surface area contributed by atoms with Gasteiger partial charge in [0.15, 0.2) is 0 Å². The normalized spacial score (nSPS) is 13.3. The van der Waals surface area contributed by atoms with E-state index >= 15 is 0 Å². The SMILES string of the molecule is CCCC/C(C(=O)OC)=C(/Cl)C(=N)/C=C(\C)c1ccc(C(F)(F)F)c(F)c1. The third-order valence-corrected chi connectivity index (χ3v) is 4.24. The predicted molar refractivity (Wildman–Crippen MR) is 97.2 cm³/mol. The summed E-state index contributed by atoms with van der Waals surface area (Å²) in [4.78, 5) is 11.9. The molecule has 0 bridgehead atoms. The van der Waals surface area contributed by atoms with Gasteiger partial charge in [0, 0.05) is 0 Å². The van der Waals surface area contributed by atoms with Crippen LogP contribution in [0.15, 0.2) is 34.9 Å². The van der Waals surface area contributed by atoms with Crippen molar-refractivity contribution in [1.82, 2.24) is 0 Å². The number of methoxy groups -OCH3 is 1. The molecule has 0 saturated heterocycles. The lowest BCUT2D eigenvalue weighted by molar-refractivity contribution is -0.140. The number of hydrogen-bond donors (Lipinski definition) is 1. The van der Waals surface area contributed by atoms with Crippen molar-refractivity contribution in [3.05, 3.63) is 51.8 Å². The van der Waals surface area contributed by atoms with E-state index in [1.807, 2.05) is 6.92 Å². The van der Waals surface area contributed by atoms with Gasteiger partial charge in [-0.25, -0.2) is 9.18 Å². The number of ether oxygens (including phenoxy) is 1. The van der Waals surface area contributed by atoms with Crippen molar-refractivity contribution in [3.8, 4) is 0 Å². The van der Waals surface area contributed by atoms with Gasteiger partial charge >= 0.3 is 12.1 Å². The van der Waals surface area contributed by atoms with E-state index < -0.39 is 23.5 Å². The second kappa shape index (κ2) is 9.69. The maximum Gasteiger partial charge on any atom is 0.419 e. The van der Waals surface area contributed by atoms with Crippen LogP contribution < -0.4 is 0 Å². The third kappa shape index (κ3) is 6.20. The fourth-order valence-electron chi connectivity index (χ4n) is 2.29. The van der Waals surface area contributed by atoms with E-state index in [2.05, 4.69) is 4.74 Å². The lowest BCUT2D eigenvalue weighted by atomic mass is 10.0. The minimum atomic E-state index is -4.78. The summed E-state index contributed by atoms with van der Waals surface area (Å²) in [6.07, 6.45) is -1.72. The monoisotopic (exact) mass is 405 g/mol. The number of carbonyl (C=O) groups excluding carboxylic acids is 1. The van der Waals surface area contributed by atoms with Gasteiger partial charge in [-0.1, -0.05) is 31.0 Å². The van der Waals surface area contributed by atoms with Crippen LogP contribution in [0.3, 0.4) is 0 Å². The summed E-state index contributed by atoms with van der Waals surface area (Å²) in [6, 6.07) is 2.50. The number of unbranched alkanes of at least 4 members (excludes halogenated alkanes) is 1. The minimum Gasteiger partial charge on any atom is -0.466 e. The highest BCUT2D eigenvalue weighted by atomic mass is 35.5. The molecule has 0 spiro atoms. The summed E-state index contributed by atoms with van der Waals surface area (Å²) in [7, 11) is 1.20. The number of halogens is 5. The first-order chi connectivity index (χ1) is 12.5. The summed E-state index contributed by atoms with van der Waals surface area (Å²) < 4.78 is 56.3. The third-order valence-electron chi connectivity index (χ3n) is 3.80. The second-order valence-electron chi connectivity index (χ2n) is 5.82. The van der Waals surface area contributed by atoms with Gasteiger partial charge in [0.2, 0.25) is 0 Å². The number of rotatable bonds is 7. The highest BCUT2D eigenvalue weighted by Gasteiger charge is 2.33. The molecule has 0 aliphatic rings. The maximum atomic E-state index is 13.7. The molecule has 0 saturated carbocycles. The Morgan fingerprint density at radius 1 is 1.33 bits per heavy atom. The summed E-state index contributed by atoms with van der Waals surface area (Å²) in [5.41, 5.74) is -0.937. The number of hydrogen-bond acceptors (Lipinski definition) is 3. The number of alkyl halides is 3. The minimum absolute atomic E-state index is 0.109. The van der Waals surface area contributed by atoms with Crippen LogP contribution in [0.5, 0.6) is 0 Å². The van der Waals surface area contributed by atoms with E-state index in [1.54, 1.807) is 0 Å². The molecule has 1 aromatic rings. The van der Waals surface area contributed by atoms with Gasteiger partial charge in [-0.3, -0.25) is 5.41 Å². The Bertz CT molecular complexity index is 782. The summed E-state index contributed by atoms with van der Waals surface area (Å²) in [6.45, 7) is 3.43. The zero-order chi connectivity index (χ0) is 20.8. The molecule has 0 radical (unpaired) electrons. The molecule has 27 heavy (non-hydrogen) atoms. The van der Waals surface area contributed by atoms with Gasteiger partial charge in [-0.2, -0.15) is 13.2 Å². The number of nitrogens with one attached hydrogen (secondary N) is 1. The molecule has 1 rings (SSSR count). The van der Waals surface area contributed by atoms with Gasteiger partial charge in [0.05, 0.1) is 29.0 Å². The molecule has 0 unspecified atom stereocenters. The maximum absolute atomic E-state index is 13.7. The average molecular weight is 406 g/mol. The first-order valence-electron chi connectivity index (χ1n) is 8.14. The van der Waals surface area contributed by atoms with Crippen molar-refractivity contribution in [2.24, 2.45) is 0 Å². The highest BCUT2D eigenvalue weighted by molar-refractivity contribution is 6.47. The first-order valence-corrected chi connectivity index (χ1v) is 8.52. The molecule has 3 nitrogen and oxygen atoms in total. The lowest BCUT2D eigenvalue weighted by Gasteiger charge is -2.11. The zero-order valence-corrected chi connectivity index (χ0v) is 15.9. The fourth-order valence-corrected chi connectivity index (χ4v) is 2.52. The van der Waals surface area contributed by atoms with Gasteiger partial charge < -0.3 is 4.74 Å². The molecule has 0 aliphatic heterocycles. The molecule has 0 amide bonds. The van der Waals surface area contributed by atoms with E-state index in [9.17, 15) is 22.4 Å². The van der Waals surface area contributed by atoms with Gasteiger partial charge in [-0.15, -0.1) is 0 Å². The van der Waals surface area contributed by atoms with Gasteiger partial charge in [0.25, 0.3) is 0 Å². The standard InChI is InChI=1S/C19H20ClF4NO2/c1-4-5-6-13(18(26)27-3)17(20)16(25)9-11(2)12-7-8-14(15(21)10-12)19(22,23)24/h7-10,25H,4-6H2,1-3H3/b11-9+,17-13-,25-16?. The molecule has 148 valence electrons. The first kappa shape index (κ1) is 22.9. The molecule has 0 heterocycles. The smallest absolute Gasteiger partial charge is 0.419 e. The largest absolute Gasteiger partial charge is 0.466 e. The van der Waals surface area contributed by atoms with Crippen LogP contribution in [-0.2, 0) is 15.7 Å². The Balaban J connectivity index is 3.20. The van der Waals surface area contributed by atoms with Crippen molar-refractivity contribution >= 4 is 28.9 Å². The Hall–Kier alpha value is -2.15. The predicted octanol–water partition coefficient (Wildman–Crippen LogP) is 6.12. The Kier molecular flexibility index (Phi) is 8.21. The van der Waals surface area contributed by atoms with E-state index in [-0.39, 0.29) is 21.9 Å². The van der Waals surface area contributed by atoms with Crippen LogP contribution in [0.2, 0.25) is 0 Å². The van der Waals surface area contributed by atoms with E-state index in [1.165, 1.54) is 20.1 Å². The topological polar surface area (TPSA) is 50.2 Å². The van der Waals surface area contributed by atoms with E-state index in [0.29, 0.717) is 24.5 Å². The van der Waals surface area contributed by atoms with Crippen molar-refractivity contribution < 1.29 is 27.1 Å². The Morgan fingerprint density at radius 2 is 1.96 bits per heavy atom. The number of esters is 1. The molecule has 1 aromatic carbocycles. The highest BCUT2D eigenvalue weighted by Crippen LogP contribution is 2.32. The van der Waals surface area contributed by atoms with E-state index in [4.69, 9.17) is 17.0 Å². The van der Waals surface area contributed by atoms with E-state index in [0.717, 1.165) is 18.6 Å². The van der Waals surface area contributed by atoms with Crippen LogP contribution in [0, 0.1) is 11.2 Å². The summed E-state index contributed by atoms with van der Waals surface area (Å²) in [5, 5.41) is 7.95. The molecule has 1 N–H and O–H groups in total. The lowest BCUT2D eigenvalue weighted by Crippen LogP contribution is -2.10. The van der Waals surface area contributed by atoms with Crippen LogP contribution in [0.4, 0.5) is 17.6 Å². The molecule has 0 aromatic heterocycles. The van der Waals surface area contributed by atoms with Crippen LogP contribution >= 0.6 is 11.6 Å². The van der Waals surface area contributed by atoms with Crippen LogP contribution in [0.25, 0.3) is 5.57 Å². The molecule has 8 heteroatoms. The van der Waals surface area contributed by atoms with Gasteiger partial charge in [0.1, 0.15) is 5.82 Å². The molecule has 0 fully saturated rings. The summed E-state index contributed by atoms with van der Waals surface area (Å²) >= 11 is 6.14. The average Bonchev–Trinajstić information content (AvgIpc) is 2.60. The molecular weight excluding hydrogens is 386 g/mol. The second-order valence-corrected chi connectivity index (χ2v) is 6.20. The zero-order valence-electron chi connectivity index (χ0n) is 15.1. The van der Waals surface area contributed by atoms with Crippen molar-refractivity contribution in [2.45, 2.75) is 39.3 Å². The number of carbonyl (C=O) groups is 1. The Morgan fingerprint density at radius 3 is 2.44 bits per heavy atom. The molecular formula is C19H20ClF4NO2. The molecule has 0 atom stereocenters. The van der Waals surface area contributed by atoms with Crippen LogP contribution in [-0.4, -0.2) is 18.8 Å². The Labute approximate surface area is 160 Å². The fraction of sp³-hybridized carbons (Fsp3) is 0.368. The van der Waals surface area contributed by atoms with Gasteiger partial charge in [-0.05, 0) is 49.1 Å². The molecule has 0 aliphatic carbocycles. The van der Waals surface area contributed by atoms with Crippen molar-refractivity contribution in [1.29, 1.82) is 5.41 Å². The summed E-state index contributed by atoms with van der Waals surface area (Å²) in [5.74, 6) is -2.05. The quantitative estimate of drug-likeness (QED) is 0.257. The number of allylic oxidation sites excluding steroid dienone is 3. The van der Waals surface area contributed by atoms with Crippen molar-refractivity contribution in [3.63, 3.8) is 0 Å². The number of benzene rings is 1. The van der Waals surface area contributed by atoms with Crippen molar-refractivity contribution in [2.75, 3.05) is 7.11 Å². The van der Waals surface area contributed by atoms with Crippen LogP contribution in [0.1, 0.15) is 44.2 Å².